The number of hydrogen-bond donors (Lipinski definition) is 2. The Balaban J connectivity index is 2.63. The molecular weight excluding hydrogens is 347 g/mol. The van der Waals surface area contributed by atoms with E-state index in [2.05, 4.69) is 0 Å². The Morgan fingerprint density at radius 1 is 1.37 bits per heavy atom. The van der Waals surface area contributed by atoms with E-state index < -0.39 is 17.7 Å². The number of carbonyl (C=O) groups is 2. The number of unbranched alkanes of at least 4 members (excludes halogenated alkanes) is 2. The summed E-state index contributed by atoms with van der Waals surface area (Å²) in [6.45, 7) is 5.43. The first-order valence-corrected chi connectivity index (χ1v) is 10.1. The van der Waals surface area contributed by atoms with Crippen LogP contribution in [0.5, 0.6) is 0 Å². The molecule has 1 saturated carbocycles. The number of halogens is 1. The van der Waals surface area contributed by atoms with Crippen LogP contribution in [0.3, 0.4) is 0 Å². The molecule has 1 aliphatic carbocycles. The minimum atomic E-state index is -1.65. The quantitative estimate of drug-likeness (QED) is 0.373. The number of allylic oxidation sites excluding steroid dienone is 3. The van der Waals surface area contributed by atoms with Gasteiger partial charge in [0.1, 0.15) is 17.6 Å². The van der Waals surface area contributed by atoms with Crippen molar-refractivity contribution in [3.63, 3.8) is 0 Å². The van der Waals surface area contributed by atoms with Crippen molar-refractivity contribution in [2.75, 3.05) is 0 Å². The smallest absolute Gasteiger partial charge is 0.303 e. The number of aliphatic hydroxyl groups is 1. The van der Waals surface area contributed by atoms with Crippen LogP contribution >= 0.6 is 0 Å². The molecule has 0 unspecified atom stereocenters. The van der Waals surface area contributed by atoms with Crippen LogP contribution in [-0.4, -0.2) is 33.7 Å². The summed E-state index contributed by atoms with van der Waals surface area (Å²) in [6.07, 6.45) is 10.5. The van der Waals surface area contributed by atoms with Crippen molar-refractivity contribution in [2.24, 2.45) is 17.8 Å². The second-order valence-electron chi connectivity index (χ2n) is 8.04. The highest BCUT2D eigenvalue weighted by Gasteiger charge is 2.38. The van der Waals surface area contributed by atoms with Crippen LogP contribution < -0.4 is 0 Å². The first-order valence-electron chi connectivity index (χ1n) is 10.1. The zero-order valence-electron chi connectivity index (χ0n) is 16.9. The average molecular weight is 383 g/mol. The molecular formula is C22H35FO4. The maximum absolute atomic E-state index is 14.6. The van der Waals surface area contributed by atoms with Gasteiger partial charge in [-0.05, 0) is 44.4 Å². The predicted octanol–water partition coefficient (Wildman–Crippen LogP) is 4.86. The maximum Gasteiger partial charge on any atom is 0.303 e. The van der Waals surface area contributed by atoms with E-state index >= 15 is 0 Å². The van der Waals surface area contributed by atoms with Gasteiger partial charge in [-0.25, -0.2) is 4.39 Å². The van der Waals surface area contributed by atoms with Gasteiger partial charge in [0.25, 0.3) is 0 Å². The number of aliphatic hydroxyl groups excluding tert-OH is 1. The minimum absolute atomic E-state index is 0.00204. The summed E-state index contributed by atoms with van der Waals surface area (Å²) in [7, 11) is 0. The summed E-state index contributed by atoms with van der Waals surface area (Å²) in [6, 6.07) is 0. The molecule has 0 saturated heterocycles. The highest BCUT2D eigenvalue weighted by atomic mass is 19.1. The topological polar surface area (TPSA) is 74.6 Å². The zero-order chi connectivity index (χ0) is 20.4. The Morgan fingerprint density at radius 2 is 2.07 bits per heavy atom. The molecule has 5 heteroatoms. The van der Waals surface area contributed by atoms with Crippen molar-refractivity contribution in [3.8, 4) is 0 Å². The molecule has 0 bridgehead atoms. The molecule has 0 amide bonds. The number of Topliss-reactive ketones (excluding diaryl/α,β-unsaturated/α-hetero) is 1. The summed E-state index contributed by atoms with van der Waals surface area (Å²) in [5.41, 5.74) is -1.65. The lowest BCUT2D eigenvalue weighted by Crippen LogP contribution is -2.33. The molecule has 0 spiro atoms. The van der Waals surface area contributed by atoms with Crippen LogP contribution in [0.2, 0.25) is 0 Å². The summed E-state index contributed by atoms with van der Waals surface area (Å²) in [5, 5.41) is 18.8. The first kappa shape index (κ1) is 23.5. The SMILES string of the molecule is CCCC[C@@](C)(F)[C@H](O)/C=C/[C@H]1[C@H](C)CC(=O)[C@@H]1C/C=C\CCCC(=O)O. The van der Waals surface area contributed by atoms with Gasteiger partial charge in [-0.15, -0.1) is 0 Å². The molecule has 0 aromatic heterocycles. The minimum Gasteiger partial charge on any atom is -0.481 e. The largest absolute Gasteiger partial charge is 0.481 e. The summed E-state index contributed by atoms with van der Waals surface area (Å²) >= 11 is 0. The number of alkyl halides is 1. The summed E-state index contributed by atoms with van der Waals surface area (Å²) in [5.74, 6) is -0.576. The third kappa shape index (κ3) is 7.96. The van der Waals surface area contributed by atoms with Gasteiger partial charge in [0.15, 0.2) is 0 Å². The Kier molecular flexibility index (Phi) is 9.92. The summed E-state index contributed by atoms with van der Waals surface area (Å²) < 4.78 is 14.6. The number of rotatable bonds is 12. The fraction of sp³-hybridized carbons (Fsp3) is 0.727. The van der Waals surface area contributed by atoms with E-state index in [-0.39, 0.29) is 30.0 Å². The Morgan fingerprint density at radius 3 is 2.70 bits per heavy atom. The van der Waals surface area contributed by atoms with Crippen LogP contribution in [0.4, 0.5) is 4.39 Å². The lowest BCUT2D eigenvalue weighted by molar-refractivity contribution is -0.137. The monoisotopic (exact) mass is 382 g/mol. The number of ketones is 1. The molecule has 0 heterocycles. The van der Waals surface area contributed by atoms with Gasteiger partial charge >= 0.3 is 5.97 Å². The van der Waals surface area contributed by atoms with Crippen molar-refractivity contribution >= 4 is 11.8 Å². The second-order valence-corrected chi connectivity index (χ2v) is 8.04. The van der Waals surface area contributed by atoms with Crippen molar-refractivity contribution < 1.29 is 24.2 Å². The number of carbonyl (C=O) groups excluding carboxylic acids is 1. The maximum atomic E-state index is 14.6. The van der Waals surface area contributed by atoms with E-state index in [1.807, 2.05) is 32.1 Å². The zero-order valence-corrected chi connectivity index (χ0v) is 16.9. The van der Waals surface area contributed by atoms with Crippen LogP contribution in [0, 0.1) is 17.8 Å². The standard InChI is InChI=1S/C22H35FO4/c1-4-5-14-22(3,23)20(25)13-12-17-16(2)15-19(24)18(17)10-8-6-7-9-11-21(26)27/h6,8,12-13,16-18,20,25H,4-5,7,9-11,14-15H2,1-3H3,(H,26,27)/b8-6-,13-12+/t16-,17+,18-,20-,22-/m1/s1. The van der Waals surface area contributed by atoms with Gasteiger partial charge < -0.3 is 10.2 Å². The van der Waals surface area contributed by atoms with Gasteiger partial charge in [-0.1, -0.05) is 51.0 Å². The highest BCUT2D eigenvalue weighted by Crippen LogP contribution is 2.38. The molecule has 5 atom stereocenters. The van der Waals surface area contributed by atoms with Crippen LogP contribution in [0.1, 0.15) is 72.1 Å². The average Bonchev–Trinajstić information content (AvgIpc) is 2.86. The molecule has 0 radical (unpaired) electrons. The Bertz CT molecular complexity index is 538. The van der Waals surface area contributed by atoms with Crippen molar-refractivity contribution in [2.45, 2.75) is 83.9 Å². The Hall–Kier alpha value is -1.49. The van der Waals surface area contributed by atoms with E-state index in [9.17, 15) is 19.1 Å². The molecule has 4 nitrogen and oxygen atoms in total. The molecule has 1 fully saturated rings. The number of hydrogen-bond acceptors (Lipinski definition) is 3. The molecule has 1 aliphatic rings. The normalized spacial score (nSPS) is 26.7. The lowest BCUT2D eigenvalue weighted by Gasteiger charge is -2.25. The molecule has 27 heavy (non-hydrogen) atoms. The number of aliphatic carboxylic acids is 1. The molecule has 1 rings (SSSR count). The van der Waals surface area contributed by atoms with Gasteiger partial charge in [-0.3, -0.25) is 9.59 Å². The van der Waals surface area contributed by atoms with Crippen LogP contribution in [0.15, 0.2) is 24.3 Å². The second kappa shape index (κ2) is 11.4. The van der Waals surface area contributed by atoms with Crippen molar-refractivity contribution in [1.29, 1.82) is 0 Å². The third-order valence-corrected chi connectivity index (χ3v) is 5.53. The van der Waals surface area contributed by atoms with Crippen LogP contribution in [-0.2, 0) is 9.59 Å². The molecule has 0 aromatic carbocycles. The Labute approximate surface area is 162 Å². The highest BCUT2D eigenvalue weighted by molar-refractivity contribution is 5.84. The fourth-order valence-electron chi connectivity index (χ4n) is 3.66. The number of carboxylic acids is 1. The fourth-order valence-corrected chi connectivity index (χ4v) is 3.66. The van der Waals surface area contributed by atoms with E-state index in [4.69, 9.17) is 5.11 Å². The molecule has 0 aromatic rings. The van der Waals surface area contributed by atoms with Crippen molar-refractivity contribution in [3.05, 3.63) is 24.3 Å². The van der Waals surface area contributed by atoms with Crippen molar-refractivity contribution in [1.82, 2.24) is 0 Å². The molecule has 154 valence electrons. The molecule has 2 N–H and O–H groups in total. The van der Waals surface area contributed by atoms with E-state index in [1.165, 1.54) is 13.0 Å². The summed E-state index contributed by atoms with van der Waals surface area (Å²) in [4.78, 5) is 22.8. The van der Waals surface area contributed by atoms with Gasteiger partial charge in [0.05, 0.1) is 0 Å². The van der Waals surface area contributed by atoms with Gasteiger partial charge in [0.2, 0.25) is 0 Å². The predicted molar refractivity (Wildman–Crippen MR) is 105 cm³/mol. The lowest BCUT2D eigenvalue weighted by atomic mass is 9.86. The van der Waals surface area contributed by atoms with Gasteiger partial charge in [-0.2, -0.15) is 0 Å². The van der Waals surface area contributed by atoms with Gasteiger partial charge in [0, 0.05) is 18.8 Å². The third-order valence-electron chi connectivity index (χ3n) is 5.53. The first-order chi connectivity index (χ1) is 12.7. The van der Waals surface area contributed by atoms with Crippen LogP contribution in [0.25, 0.3) is 0 Å². The van der Waals surface area contributed by atoms with E-state index in [0.29, 0.717) is 32.1 Å². The molecule has 0 aliphatic heterocycles. The number of carboxylic acid groups (broad SMARTS) is 1. The van der Waals surface area contributed by atoms with E-state index in [0.717, 1.165) is 12.8 Å². The van der Waals surface area contributed by atoms with E-state index in [1.54, 1.807) is 0 Å².